The Balaban J connectivity index is 1.82. The van der Waals surface area contributed by atoms with E-state index in [2.05, 4.69) is 5.10 Å². The van der Waals surface area contributed by atoms with Gasteiger partial charge >= 0.3 is 5.97 Å². The zero-order valence-electron chi connectivity index (χ0n) is 11.5. The molecule has 0 atom stereocenters. The van der Waals surface area contributed by atoms with Crippen LogP contribution >= 0.6 is 0 Å². The van der Waals surface area contributed by atoms with Crippen LogP contribution in [0.5, 0.6) is 0 Å². The van der Waals surface area contributed by atoms with Gasteiger partial charge in [0.1, 0.15) is 11.3 Å². The van der Waals surface area contributed by atoms with Crippen molar-refractivity contribution in [3.8, 4) is 11.3 Å². The van der Waals surface area contributed by atoms with Crippen LogP contribution in [0.1, 0.15) is 16.1 Å². The van der Waals surface area contributed by atoms with Crippen LogP contribution in [0, 0.1) is 0 Å². The number of aromatic nitrogens is 2. The van der Waals surface area contributed by atoms with Crippen LogP contribution in [0.3, 0.4) is 0 Å². The number of carbonyl (C=O) groups excluding carboxylic acids is 1. The SMILES string of the molecule is COC(=O)c1ccoc1Cn1ccc(-c2ccccc2)n1. The molecule has 3 aromatic rings. The molecule has 0 aliphatic rings. The van der Waals surface area contributed by atoms with Crippen LogP contribution in [-0.4, -0.2) is 22.9 Å². The molecule has 1 aromatic carbocycles. The first-order valence-corrected chi connectivity index (χ1v) is 6.51. The molecule has 21 heavy (non-hydrogen) atoms. The number of hydrogen-bond acceptors (Lipinski definition) is 4. The second-order valence-electron chi connectivity index (χ2n) is 4.51. The van der Waals surface area contributed by atoms with Crippen molar-refractivity contribution in [1.29, 1.82) is 0 Å². The minimum atomic E-state index is -0.408. The average Bonchev–Trinajstić information content (AvgIpc) is 3.17. The normalized spacial score (nSPS) is 10.5. The van der Waals surface area contributed by atoms with Crippen LogP contribution in [0.25, 0.3) is 11.3 Å². The first-order chi connectivity index (χ1) is 10.3. The highest BCUT2D eigenvalue weighted by atomic mass is 16.5. The van der Waals surface area contributed by atoms with E-state index < -0.39 is 5.97 Å². The third kappa shape index (κ3) is 2.72. The molecular weight excluding hydrogens is 268 g/mol. The maximum Gasteiger partial charge on any atom is 0.341 e. The molecule has 0 amide bonds. The fraction of sp³-hybridized carbons (Fsp3) is 0.125. The minimum Gasteiger partial charge on any atom is -0.466 e. The van der Waals surface area contributed by atoms with Crippen molar-refractivity contribution in [3.63, 3.8) is 0 Å². The number of benzene rings is 1. The van der Waals surface area contributed by atoms with Gasteiger partial charge in [0.2, 0.25) is 0 Å². The van der Waals surface area contributed by atoms with E-state index in [1.807, 2.05) is 42.6 Å². The monoisotopic (exact) mass is 282 g/mol. The van der Waals surface area contributed by atoms with Crippen LogP contribution in [0.2, 0.25) is 0 Å². The molecule has 106 valence electrons. The Morgan fingerprint density at radius 1 is 1.24 bits per heavy atom. The maximum atomic E-state index is 11.6. The molecule has 0 saturated heterocycles. The van der Waals surface area contributed by atoms with E-state index in [1.54, 1.807) is 10.7 Å². The summed E-state index contributed by atoms with van der Waals surface area (Å²) in [5.41, 5.74) is 2.35. The lowest BCUT2D eigenvalue weighted by Gasteiger charge is -2.02. The molecule has 0 unspecified atom stereocenters. The second-order valence-corrected chi connectivity index (χ2v) is 4.51. The van der Waals surface area contributed by atoms with Gasteiger partial charge in [0.15, 0.2) is 0 Å². The van der Waals surface area contributed by atoms with Gasteiger partial charge in [-0.25, -0.2) is 4.79 Å². The summed E-state index contributed by atoms with van der Waals surface area (Å²) in [6.07, 6.45) is 3.33. The van der Waals surface area contributed by atoms with Crippen molar-refractivity contribution < 1.29 is 13.9 Å². The lowest BCUT2D eigenvalue weighted by Crippen LogP contribution is -2.07. The predicted octanol–water partition coefficient (Wildman–Crippen LogP) is 2.98. The summed E-state index contributed by atoms with van der Waals surface area (Å²) in [5, 5.41) is 4.49. The highest BCUT2D eigenvalue weighted by molar-refractivity contribution is 5.90. The fourth-order valence-corrected chi connectivity index (χ4v) is 2.11. The molecule has 0 radical (unpaired) electrons. The van der Waals surface area contributed by atoms with Gasteiger partial charge in [-0.2, -0.15) is 5.10 Å². The molecule has 0 aliphatic carbocycles. The van der Waals surface area contributed by atoms with Crippen LogP contribution in [0.4, 0.5) is 0 Å². The molecule has 0 spiro atoms. The van der Waals surface area contributed by atoms with Gasteiger partial charge in [-0.05, 0) is 12.1 Å². The van der Waals surface area contributed by atoms with E-state index >= 15 is 0 Å². The number of ether oxygens (including phenoxy) is 1. The van der Waals surface area contributed by atoms with Crippen LogP contribution in [-0.2, 0) is 11.3 Å². The number of hydrogen-bond donors (Lipinski definition) is 0. The molecular formula is C16H14N2O3. The van der Waals surface area contributed by atoms with Gasteiger partial charge in [0, 0.05) is 11.8 Å². The zero-order valence-corrected chi connectivity index (χ0v) is 11.5. The first-order valence-electron chi connectivity index (χ1n) is 6.51. The topological polar surface area (TPSA) is 57.3 Å². The number of rotatable bonds is 4. The Bertz CT molecular complexity index is 744. The number of methoxy groups -OCH3 is 1. The third-order valence-electron chi connectivity index (χ3n) is 3.17. The molecule has 2 heterocycles. The van der Waals surface area contributed by atoms with E-state index in [1.165, 1.54) is 13.4 Å². The Labute approximate surface area is 121 Å². The molecule has 3 rings (SSSR count). The number of esters is 1. The fourth-order valence-electron chi connectivity index (χ4n) is 2.11. The molecule has 0 fully saturated rings. The van der Waals surface area contributed by atoms with Crippen molar-refractivity contribution in [2.24, 2.45) is 0 Å². The van der Waals surface area contributed by atoms with Crippen molar-refractivity contribution >= 4 is 5.97 Å². The molecule has 0 N–H and O–H groups in total. The largest absolute Gasteiger partial charge is 0.466 e. The van der Waals surface area contributed by atoms with Crippen molar-refractivity contribution in [2.45, 2.75) is 6.54 Å². The van der Waals surface area contributed by atoms with Crippen molar-refractivity contribution in [1.82, 2.24) is 9.78 Å². The second kappa shape index (κ2) is 5.66. The summed E-state index contributed by atoms with van der Waals surface area (Å²) >= 11 is 0. The summed E-state index contributed by atoms with van der Waals surface area (Å²) < 4.78 is 11.8. The van der Waals surface area contributed by atoms with Gasteiger partial charge in [-0.1, -0.05) is 30.3 Å². The zero-order chi connectivity index (χ0) is 14.7. The van der Waals surface area contributed by atoms with E-state index in [0.717, 1.165) is 11.3 Å². The quantitative estimate of drug-likeness (QED) is 0.690. The molecule has 0 aliphatic heterocycles. The summed E-state index contributed by atoms with van der Waals surface area (Å²) in [4.78, 5) is 11.6. The van der Waals surface area contributed by atoms with E-state index in [0.29, 0.717) is 17.9 Å². The summed E-state index contributed by atoms with van der Waals surface area (Å²) in [5.74, 6) is 0.124. The summed E-state index contributed by atoms with van der Waals surface area (Å²) in [6, 6.07) is 13.4. The lowest BCUT2D eigenvalue weighted by atomic mass is 10.2. The summed E-state index contributed by atoms with van der Waals surface area (Å²) in [7, 11) is 1.35. The molecule has 2 aromatic heterocycles. The van der Waals surface area contributed by atoms with Gasteiger partial charge in [0.25, 0.3) is 0 Å². The van der Waals surface area contributed by atoms with Gasteiger partial charge in [-0.15, -0.1) is 0 Å². The lowest BCUT2D eigenvalue weighted by molar-refractivity contribution is 0.0598. The standard InChI is InChI=1S/C16H14N2O3/c1-20-16(19)13-8-10-21-15(13)11-18-9-7-14(17-18)12-5-3-2-4-6-12/h2-10H,11H2,1H3. The van der Waals surface area contributed by atoms with E-state index in [9.17, 15) is 4.79 Å². The minimum absolute atomic E-state index is 0.379. The molecule has 0 saturated carbocycles. The smallest absolute Gasteiger partial charge is 0.341 e. The first kappa shape index (κ1) is 13.2. The Morgan fingerprint density at radius 3 is 2.81 bits per heavy atom. The number of furan rings is 1. The summed E-state index contributed by atoms with van der Waals surface area (Å²) in [6.45, 7) is 0.379. The van der Waals surface area contributed by atoms with Crippen molar-refractivity contribution in [2.75, 3.05) is 7.11 Å². The Kier molecular flexibility index (Phi) is 3.55. The third-order valence-corrected chi connectivity index (χ3v) is 3.17. The number of carbonyl (C=O) groups is 1. The highest BCUT2D eigenvalue weighted by Crippen LogP contribution is 2.18. The Hall–Kier alpha value is -2.82. The Morgan fingerprint density at radius 2 is 2.05 bits per heavy atom. The van der Waals surface area contributed by atoms with E-state index in [-0.39, 0.29) is 0 Å². The highest BCUT2D eigenvalue weighted by Gasteiger charge is 2.15. The van der Waals surface area contributed by atoms with Crippen LogP contribution < -0.4 is 0 Å². The predicted molar refractivity (Wildman–Crippen MR) is 76.8 cm³/mol. The average molecular weight is 282 g/mol. The van der Waals surface area contributed by atoms with E-state index in [4.69, 9.17) is 9.15 Å². The van der Waals surface area contributed by atoms with Crippen LogP contribution in [0.15, 0.2) is 59.3 Å². The maximum absolute atomic E-state index is 11.6. The van der Waals surface area contributed by atoms with Crippen molar-refractivity contribution in [3.05, 3.63) is 66.2 Å². The number of nitrogens with zero attached hydrogens (tertiary/aromatic N) is 2. The van der Waals surface area contributed by atoms with Gasteiger partial charge in [-0.3, -0.25) is 4.68 Å². The van der Waals surface area contributed by atoms with Gasteiger partial charge in [0.05, 0.1) is 25.6 Å². The molecule has 5 heteroatoms. The van der Waals surface area contributed by atoms with Gasteiger partial charge < -0.3 is 9.15 Å². The molecule has 5 nitrogen and oxygen atoms in total. The molecule has 0 bridgehead atoms.